The zero-order valence-corrected chi connectivity index (χ0v) is 14.8. The van der Waals surface area contributed by atoms with E-state index >= 15 is 0 Å². The van der Waals surface area contributed by atoms with Gasteiger partial charge in [-0.2, -0.15) is 0 Å². The molecule has 1 aliphatic rings. The molecule has 128 valence electrons. The number of piperazine rings is 1. The molecule has 1 atom stereocenters. The average Bonchev–Trinajstić information content (AvgIpc) is 2.62. The maximum atomic E-state index is 6.33. The molecular weight excluding hydrogens is 296 g/mol. The Balaban J connectivity index is 1.65. The smallest absolute Gasteiger partial charge is 0.125 e. The van der Waals surface area contributed by atoms with E-state index in [9.17, 15) is 0 Å². The fraction of sp³-hybridized carbons (Fsp3) is 0.429. The standard InChI is InChI=1S/C21H28N2O/c1-18-8-10-20(11-9-18)24-21(19-6-4-3-5-7-19)12-13-23-16-14-22(2)15-17-23/h3-11,21H,12-17H2,1-2H3. The van der Waals surface area contributed by atoms with Crippen LogP contribution in [-0.4, -0.2) is 49.6 Å². The van der Waals surface area contributed by atoms with E-state index in [0.29, 0.717) is 0 Å². The van der Waals surface area contributed by atoms with Gasteiger partial charge in [-0.1, -0.05) is 48.0 Å². The van der Waals surface area contributed by atoms with Crippen molar-refractivity contribution in [2.45, 2.75) is 19.4 Å². The van der Waals surface area contributed by atoms with Crippen LogP contribution in [-0.2, 0) is 0 Å². The molecule has 3 rings (SSSR count). The summed E-state index contributed by atoms with van der Waals surface area (Å²) in [5.41, 5.74) is 2.52. The molecule has 2 aromatic carbocycles. The lowest BCUT2D eigenvalue weighted by Crippen LogP contribution is -2.45. The summed E-state index contributed by atoms with van der Waals surface area (Å²) in [5.74, 6) is 0.952. The first-order valence-corrected chi connectivity index (χ1v) is 8.90. The molecule has 0 aliphatic carbocycles. The third kappa shape index (κ3) is 4.83. The third-order valence-electron chi connectivity index (χ3n) is 4.77. The molecule has 0 amide bonds. The van der Waals surface area contributed by atoms with Crippen molar-refractivity contribution in [2.75, 3.05) is 39.8 Å². The lowest BCUT2D eigenvalue weighted by atomic mass is 10.1. The molecule has 0 saturated carbocycles. The molecular formula is C21H28N2O. The number of rotatable bonds is 6. The zero-order valence-electron chi connectivity index (χ0n) is 14.8. The van der Waals surface area contributed by atoms with Crippen LogP contribution in [0.4, 0.5) is 0 Å². The Morgan fingerprint density at radius 2 is 1.58 bits per heavy atom. The quantitative estimate of drug-likeness (QED) is 0.805. The van der Waals surface area contributed by atoms with Crippen LogP contribution in [0.3, 0.4) is 0 Å². The summed E-state index contributed by atoms with van der Waals surface area (Å²) in [5, 5.41) is 0. The van der Waals surface area contributed by atoms with Gasteiger partial charge in [-0.05, 0) is 31.7 Å². The monoisotopic (exact) mass is 324 g/mol. The van der Waals surface area contributed by atoms with E-state index in [1.807, 2.05) is 0 Å². The van der Waals surface area contributed by atoms with Crippen LogP contribution < -0.4 is 4.74 Å². The summed E-state index contributed by atoms with van der Waals surface area (Å²) in [6.07, 6.45) is 1.12. The highest BCUT2D eigenvalue weighted by Crippen LogP contribution is 2.25. The van der Waals surface area contributed by atoms with E-state index in [0.717, 1.165) is 44.9 Å². The largest absolute Gasteiger partial charge is 0.486 e. The Morgan fingerprint density at radius 1 is 0.917 bits per heavy atom. The minimum absolute atomic E-state index is 0.105. The zero-order chi connectivity index (χ0) is 16.8. The summed E-state index contributed by atoms with van der Waals surface area (Å²) in [4.78, 5) is 4.95. The second kappa shape index (κ2) is 8.32. The number of likely N-dealkylation sites (N-methyl/N-ethyl adjacent to an activating group) is 1. The molecule has 1 aliphatic heterocycles. The average molecular weight is 324 g/mol. The summed E-state index contributed by atoms with van der Waals surface area (Å²) in [7, 11) is 2.20. The highest BCUT2D eigenvalue weighted by molar-refractivity contribution is 5.28. The Labute approximate surface area is 145 Å². The molecule has 24 heavy (non-hydrogen) atoms. The Morgan fingerprint density at radius 3 is 2.25 bits per heavy atom. The summed E-state index contributed by atoms with van der Waals surface area (Å²) < 4.78 is 6.33. The molecule has 3 heteroatoms. The molecule has 1 saturated heterocycles. The van der Waals surface area contributed by atoms with Gasteiger partial charge < -0.3 is 14.5 Å². The fourth-order valence-corrected chi connectivity index (χ4v) is 3.11. The predicted octanol–water partition coefficient (Wildman–Crippen LogP) is 3.75. The van der Waals surface area contributed by atoms with Gasteiger partial charge in [0.1, 0.15) is 11.9 Å². The van der Waals surface area contributed by atoms with Gasteiger partial charge in [0, 0.05) is 39.1 Å². The van der Waals surface area contributed by atoms with Crippen LogP contribution in [0.5, 0.6) is 5.75 Å². The maximum absolute atomic E-state index is 6.33. The molecule has 0 bridgehead atoms. The first-order chi connectivity index (χ1) is 11.7. The van der Waals surface area contributed by atoms with Crippen LogP contribution in [0.2, 0.25) is 0 Å². The fourth-order valence-electron chi connectivity index (χ4n) is 3.11. The summed E-state index contributed by atoms with van der Waals surface area (Å²) in [6, 6.07) is 18.9. The van der Waals surface area contributed by atoms with E-state index in [2.05, 4.69) is 78.4 Å². The van der Waals surface area contributed by atoms with Crippen molar-refractivity contribution >= 4 is 0 Å². The van der Waals surface area contributed by atoms with Crippen molar-refractivity contribution < 1.29 is 4.74 Å². The van der Waals surface area contributed by atoms with E-state index < -0.39 is 0 Å². The Bertz CT molecular complexity index is 603. The first kappa shape index (κ1) is 17.0. The predicted molar refractivity (Wildman–Crippen MR) is 99.5 cm³/mol. The number of ether oxygens (including phenoxy) is 1. The molecule has 3 nitrogen and oxygen atoms in total. The van der Waals surface area contributed by atoms with Crippen LogP contribution in [0.15, 0.2) is 54.6 Å². The van der Waals surface area contributed by atoms with E-state index in [1.165, 1.54) is 11.1 Å². The number of benzene rings is 2. The molecule has 0 N–H and O–H groups in total. The third-order valence-corrected chi connectivity index (χ3v) is 4.77. The van der Waals surface area contributed by atoms with Gasteiger partial charge >= 0.3 is 0 Å². The van der Waals surface area contributed by atoms with Crippen molar-refractivity contribution in [2.24, 2.45) is 0 Å². The second-order valence-corrected chi connectivity index (χ2v) is 6.76. The van der Waals surface area contributed by atoms with Crippen molar-refractivity contribution in [1.29, 1.82) is 0 Å². The van der Waals surface area contributed by atoms with Crippen LogP contribution in [0.1, 0.15) is 23.7 Å². The van der Waals surface area contributed by atoms with Crippen molar-refractivity contribution in [3.8, 4) is 5.75 Å². The van der Waals surface area contributed by atoms with E-state index in [4.69, 9.17) is 4.74 Å². The topological polar surface area (TPSA) is 15.7 Å². The van der Waals surface area contributed by atoms with Gasteiger partial charge in [0.15, 0.2) is 0 Å². The molecule has 1 unspecified atom stereocenters. The molecule has 1 fully saturated rings. The van der Waals surface area contributed by atoms with Gasteiger partial charge in [0.05, 0.1) is 0 Å². The van der Waals surface area contributed by atoms with Gasteiger partial charge in [-0.15, -0.1) is 0 Å². The van der Waals surface area contributed by atoms with Crippen LogP contribution in [0, 0.1) is 6.92 Å². The van der Waals surface area contributed by atoms with Crippen molar-refractivity contribution in [1.82, 2.24) is 9.80 Å². The molecule has 1 heterocycles. The van der Waals surface area contributed by atoms with Gasteiger partial charge in [-0.25, -0.2) is 0 Å². The normalized spacial score (nSPS) is 17.6. The molecule has 2 aromatic rings. The molecule has 0 spiro atoms. The SMILES string of the molecule is Cc1ccc(OC(CCN2CCN(C)CC2)c2ccccc2)cc1. The lowest BCUT2D eigenvalue weighted by molar-refractivity contribution is 0.123. The highest BCUT2D eigenvalue weighted by Gasteiger charge is 2.18. The van der Waals surface area contributed by atoms with Crippen LogP contribution >= 0.6 is 0 Å². The van der Waals surface area contributed by atoms with Crippen molar-refractivity contribution in [3.05, 3.63) is 65.7 Å². The molecule has 0 radical (unpaired) electrons. The maximum Gasteiger partial charge on any atom is 0.125 e. The minimum Gasteiger partial charge on any atom is -0.486 e. The highest BCUT2D eigenvalue weighted by atomic mass is 16.5. The first-order valence-electron chi connectivity index (χ1n) is 8.90. The summed E-state index contributed by atoms with van der Waals surface area (Å²) >= 11 is 0. The Kier molecular flexibility index (Phi) is 5.89. The van der Waals surface area contributed by atoms with E-state index in [-0.39, 0.29) is 6.10 Å². The number of hydrogen-bond donors (Lipinski definition) is 0. The number of nitrogens with zero attached hydrogens (tertiary/aromatic N) is 2. The van der Waals surface area contributed by atoms with Crippen LogP contribution in [0.25, 0.3) is 0 Å². The second-order valence-electron chi connectivity index (χ2n) is 6.76. The number of aryl methyl sites for hydroxylation is 1. The number of hydrogen-bond acceptors (Lipinski definition) is 3. The van der Waals surface area contributed by atoms with Crippen molar-refractivity contribution in [3.63, 3.8) is 0 Å². The van der Waals surface area contributed by atoms with Gasteiger partial charge in [-0.3, -0.25) is 0 Å². The van der Waals surface area contributed by atoms with Gasteiger partial charge in [0.2, 0.25) is 0 Å². The van der Waals surface area contributed by atoms with Gasteiger partial charge in [0.25, 0.3) is 0 Å². The minimum atomic E-state index is 0.105. The molecule has 0 aromatic heterocycles. The summed E-state index contributed by atoms with van der Waals surface area (Å²) in [6.45, 7) is 7.82. The van der Waals surface area contributed by atoms with E-state index in [1.54, 1.807) is 0 Å². The lowest BCUT2D eigenvalue weighted by Gasteiger charge is -2.33. The Hall–Kier alpha value is -1.84.